The molecule has 0 aromatic heterocycles. The molecule has 1 saturated carbocycles. The normalized spacial score (nSPS) is 22.7. The second-order valence-electron chi connectivity index (χ2n) is 5.91. The van der Waals surface area contributed by atoms with Crippen LogP contribution in [0.1, 0.15) is 31.7 Å². The van der Waals surface area contributed by atoms with E-state index in [1.807, 2.05) is 6.92 Å². The van der Waals surface area contributed by atoms with E-state index in [9.17, 15) is 0 Å². The molecule has 116 valence electrons. The first kappa shape index (κ1) is 15.8. The lowest BCUT2D eigenvalue weighted by Crippen LogP contribution is -2.32. The number of rotatable bonds is 6. The van der Waals surface area contributed by atoms with E-state index in [0.29, 0.717) is 12.6 Å². The average Bonchev–Trinajstić information content (AvgIpc) is 3.20. The maximum atomic E-state index is 5.63. The first-order chi connectivity index (χ1) is 10.2. The number of nitrogens with one attached hydrogen (secondary N) is 1. The van der Waals surface area contributed by atoms with Gasteiger partial charge in [-0.05, 0) is 75.7 Å². The predicted molar refractivity (Wildman–Crippen MR) is 92.9 cm³/mol. The molecule has 0 spiro atoms. The Morgan fingerprint density at radius 2 is 1.95 bits per heavy atom. The molecule has 0 amide bonds. The summed E-state index contributed by atoms with van der Waals surface area (Å²) in [7, 11) is 0. The molecule has 1 N–H and O–H groups in total. The molecule has 0 radical (unpaired) electrons. The summed E-state index contributed by atoms with van der Waals surface area (Å²) in [6, 6.07) is 5.83. The fourth-order valence-corrected chi connectivity index (χ4v) is 4.49. The predicted octanol–water partition coefficient (Wildman–Crippen LogP) is 3.94. The molecule has 3 rings (SSSR count). The zero-order chi connectivity index (χ0) is 14.8. The summed E-state index contributed by atoms with van der Waals surface area (Å²) in [5, 5.41) is 3.69. The van der Waals surface area contributed by atoms with Gasteiger partial charge in [-0.25, -0.2) is 0 Å². The van der Waals surface area contributed by atoms with Gasteiger partial charge in [-0.2, -0.15) is 0 Å². The van der Waals surface area contributed by atoms with E-state index in [4.69, 9.17) is 4.74 Å². The number of halogens is 2. The molecule has 2 aliphatic rings. The van der Waals surface area contributed by atoms with Gasteiger partial charge in [0.25, 0.3) is 0 Å². The third kappa shape index (κ3) is 4.01. The van der Waals surface area contributed by atoms with Crippen molar-refractivity contribution in [1.29, 1.82) is 0 Å². The molecule has 3 nitrogen and oxygen atoms in total. The maximum absolute atomic E-state index is 5.63. The minimum Gasteiger partial charge on any atom is -0.492 e. The summed E-state index contributed by atoms with van der Waals surface area (Å²) >= 11 is 7.20. The molecule has 1 saturated heterocycles. The van der Waals surface area contributed by atoms with Gasteiger partial charge in [-0.1, -0.05) is 0 Å². The lowest BCUT2D eigenvalue weighted by Gasteiger charge is -2.16. The highest BCUT2D eigenvalue weighted by molar-refractivity contribution is 9.11. The standard InChI is InChI=1S/C16H22Br2N2O/c1-2-21-16-14(17)7-11(8-15(16)18)9-19-12-5-6-20(10-12)13-3-4-13/h7-8,12-13,19H,2-6,9-10H2,1H3. The van der Waals surface area contributed by atoms with Gasteiger partial charge >= 0.3 is 0 Å². The van der Waals surface area contributed by atoms with Gasteiger partial charge in [0.05, 0.1) is 15.6 Å². The Kier molecular flexibility index (Phi) is 5.25. The van der Waals surface area contributed by atoms with E-state index in [1.54, 1.807) is 0 Å². The Bertz CT molecular complexity index is 482. The van der Waals surface area contributed by atoms with Crippen molar-refractivity contribution in [3.8, 4) is 5.75 Å². The molecule has 1 unspecified atom stereocenters. The Labute approximate surface area is 143 Å². The van der Waals surface area contributed by atoms with Crippen molar-refractivity contribution in [3.63, 3.8) is 0 Å². The first-order valence-electron chi connectivity index (χ1n) is 7.75. The van der Waals surface area contributed by atoms with Gasteiger partial charge in [0.2, 0.25) is 0 Å². The molecule has 1 atom stereocenters. The second-order valence-corrected chi connectivity index (χ2v) is 7.62. The summed E-state index contributed by atoms with van der Waals surface area (Å²) in [4.78, 5) is 2.64. The number of hydrogen-bond donors (Lipinski definition) is 1. The van der Waals surface area contributed by atoms with Crippen molar-refractivity contribution >= 4 is 31.9 Å². The van der Waals surface area contributed by atoms with Crippen LogP contribution >= 0.6 is 31.9 Å². The van der Waals surface area contributed by atoms with Crippen LogP contribution in [0.2, 0.25) is 0 Å². The summed E-state index contributed by atoms with van der Waals surface area (Å²) in [6.45, 7) is 6.06. The highest BCUT2D eigenvalue weighted by Crippen LogP contribution is 2.35. The van der Waals surface area contributed by atoms with Crippen LogP contribution in [0, 0.1) is 0 Å². The largest absolute Gasteiger partial charge is 0.492 e. The third-order valence-electron chi connectivity index (χ3n) is 4.22. The fraction of sp³-hybridized carbons (Fsp3) is 0.625. The number of hydrogen-bond acceptors (Lipinski definition) is 3. The van der Waals surface area contributed by atoms with Crippen LogP contribution in [0.25, 0.3) is 0 Å². The zero-order valence-corrected chi connectivity index (χ0v) is 15.5. The molecule has 5 heteroatoms. The van der Waals surface area contributed by atoms with Gasteiger partial charge in [0.15, 0.2) is 0 Å². The monoisotopic (exact) mass is 416 g/mol. The number of likely N-dealkylation sites (tertiary alicyclic amines) is 1. The maximum Gasteiger partial charge on any atom is 0.147 e. The van der Waals surface area contributed by atoms with Crippen LogP contribution in [0.5, 0.6) is 5.75 Å². The third-order valence-corrected chi connectivity index (χ3v) is 5.40. The lowest BCUT2D eigenvalue weighted by atomic mass is 10.2. The first-order valence-corrected chi connectivity index (χ1v) is 9.34. The van der Waals surface area contributed by atoms with Crippen LogP contribution in [-0.2, 0) is 6.54 Å². The topological polar surface area (TPSA) is 24.5 Å². The van der Waals surface area contributed by atoms with Crippen molar-refractivity contribution in [2.24, 2.45) is 0 Å². The summed E-state index contributed by atoms with van der Waals surface area (Å²) in [6.07, 6.45) is 4.09. The van der Waals surface area contributed by atoms with Gasteiger partial charge in [-0.15, -0.1) is 0 Å². The smallest absolute Gasteiger partial charge is 0.147 e. The minimum absolute atomic E-state index is 0.634. The summed E-state index contributed by atoms with van der Waals surface area (Å²) in [5.41, 5.74) is 1.28. The SMILES string of the molecule is CCOc1c(Br)cc(CNC2CCN(C3CC3)C2)cc1Br. The highest BCUT2D eigenvalue weighted by Gasteiger charge is 2.34. The van der Waals surface area contributed by atoms with E-state index >= 15 is 0 Å². The second kappa shape index (κ2) is 6.99. The number of ether oxygens (including phenoxy) is 1. The molecule has 0 bridgehead atoms. The van der Waals surface area contributed by atoms with Gasteiger partial charge in [-0.3, -0.25) is 4.90 Å². The van der Waals surface area contributed by atoms with E-state index in [1.165, 1.54) is 37.9 Å². The molecular weight excluding hydrogens is 396 g/mol. The molecule has 1 aromatic carbocycles. The Hall–Kier alpha value is -0.100. The molecule has 2 fully saturated rings. The minimum atomic E-state index is 0.634. The summed E-state index contributed by atoms with van der Waals surface area (Å²) < 4.78 is 7.66. The van der Waals surface area contributed by atoms with Crippen LogP contribution in [0.3, 0.4) is 0 Å². The van der Waals surface area contributed by atoms with Gasteiger partial charge in [0, 0.05) is 31.7 Å². The number of nitrogens with zero attached hydrogens (tertiary/aromatic N) is 1. The van der Waals surface area contributed by atoms with Crippen molar-refractivity contribution < 1.29 is 4.74 Å². The lowest BCUT2D eigenvalue weighted by molar-refractivity contribution is 0.317. The van der Waals surface area contributed by atoms with Gasteiger partial charge in [0.1, 0.15) is 5.75 Å². The Morgan fingerprint density at radius 3 is 2.57 bits per heavy atom. The fourth-order valence-electron chi connectivity index (χ4n) is 2.98. The molecule has 1 heterocycles. The van der Waals surface area contributed by atoms with Gasteiger partial charge < -0.3 is 10.1 Å². The summed E-state index contributed by atoms with van der Waals surface area (Å²) in [5.74, 6) is 0.891. The van der Waals surface area contributed by atoms with Crippen LogP contribution in [0.15, 0.2) is 21.1 Å². The Balaban J connectivity index is 1.55. The van der Waals surface area contributed by atoms with Crippen molar-refractivity contribution in [3.05, 3.63) is 26.6 Å². The molecule has 1 aromatic rings. The van der Waals surface area contributed by atoms with E-state index in [-0.39, 0.29) is 0 Å². The molecular formula is C16H22Br2N2O. The van der Waals surface area contributed by atoms with Crippen molar-refractivity contribution in [2.75, 3.05) is 19.7 Å². The van der Waals surface area contributed by atoms with Crippen LogP contribution in [0.4, 0.5) is 0 Å². The van der Waals surface area contributed by atoms with E-state index < -0.39 is 0 Å². The highest BCUT2D eigenvalue weighted by atomic mass is 79.9. The average molecular weight is 418 g/mol. The van der Waals surface area contributed by atoms with Crippen molar-refractivity contribution in [2.45, 2.75) is 44.8 Å². The molecule has 1 aliphatic carbocycles. The Morgan fingerprint density at radius 1 is 1.24 bits per heavy atom. The zero-order valence-electron chi connectivity index (χ0n) is 12.4. The van der Waals surface area contributed by atoms with E-state index in [2.05, 4.69) is 54.2 Å². The van der Waals surface area contributed by atoms with Crippen LogP contribution < -0.4 is 10.1 Å². The number of benzene rings is 1. The molecule has 1 aliphatic heterocycles. The van der Waals surface area contributed by atoms with E-state index in [0.717, 1.165) is 27.3 Å². The quantitative estimate of drug-likeness (QED) is 0.758. The van der Waals surface area contributed by atoms with Crippen LogP contribution in [-0.4, -0.2) is 36.7 Å². The van der Waals surface area contributed by atoms with Crippen molar-refractivity contribution in [1.82, 2.24) is 10.2 Å². The molecule has 21 heavy (non-hydrogen) atoms.